The molecular weight excluding hydrogens is 356 g/mol. The maximum Gasteiger partial charge on any atom is 0.230 e. The average Bonchev–Trinajstić information content (AvgIpc) is 3.05. The Labute approximate surface area is 165 Å². The molecule has 27 heavy (non-hydrogen) atoms. The molecule has 1 aromatic heterocycles. The minimum absolute atomic E-state index is 0.0732. The summed E-state index contributed by atoms with van der Waals surface area (Å²) in [6.45, 7) is 8.74. The number of carbonyl (C=O) groups excluding carboxylic acids is 1. The van der Waals surface area contributed by atoms with Crippen molar-refractivity contribution in [3.05, 3.63) is 42.5 Å². The molecule has 1 aromatic carbocycles. The second kappa shape index (κ2) is 9.22. The van der Waals surface area contributed by atoms with E-state index in [9.17, 15) is 4.79 Å². The second-order valence-corrected chi connectivity index (χ2v) is 8.24. The first-order chi connectivity index (χ1) is 13.1. The van der Waals surface area contributed by atoms with Crippen molar-refractivity contribution in [2.24, 2.45) is 5.92 Å². The van der Waals surface area contributed by atoms with Gasteiger partial charge in [-0.05, 0) is 31.7 Å². The highest BCUT2D eigenvalue weighted by Crippen LogP contribution is 2.26. The topological polar surface area (TPSA) is 59.8 Å². The fourth-order valence-electron chi connectivity index (χ4n) is 3.60. The molecule has 0 unspecified atom stereocenters. The number of carbonyl (C=O) groups is 1. The van der Waals surface area contributed by atoms with E-state index in [4.69, 9.17) is 0 Å². The molecule has 0 radical (unpaired) electrons. The van der Waals surface area contributed by atoms with Gasteiger partial charge in [-0.1, -0.05) is 61.4 Å². The molecule has 144 valence electrons. The van der Waals surface area contributed by atoms with Gasteiger partial charge >= 0.3 is 0 Å². The summed E-state index contributed by atoms with van der Waals surface area (Å²) < 4.78 is 2.02. The van der Waals surface area contributed by atoms with Crippen LogP contribution >= 0.6 is 11.8 Å². The fourth-order valence-corrected chi connectivity index (χ4v) is 4.36. The molecule has 1 aliphatic rings. The van der Waals surface area contributed by atoms with E-state index in [-0.39, 0.29) is 5.91 Å². The Morgan fingerprint density at radius 2 is 2.19 bits per heavy atom. The molecule has 1 fully saturated rings. The van der Waals surface area contributed by atoms with Crippen LogP contribution in [0.3, 0.4) is 0 Å². The minimum Gasteiger partial charge on any atom is -0.352 e. The van der Waals surface area contributed by atoms with Gasteiger partial charge in [0, 0.05) is 18.2 Å². The third kappa shape index (κ3) is 5.01. The monoisotopic (exact) mass is 384 g/mol. The van der Waals surface area contributed by atoms with Crippen molar-refractivity contribution in [3.8, 4) is 11.4 Å². The Morgan fingerprint density at radius 3 is 2.93 bits per heavy atom. The van der Waals surface area contributed by atoms with Crippen LogP contribution in [0.1, 0.15) is 38.2 Å². The Morgan fingerprint density at radius 1 is 1.37 bits per heavy atom. The third-order valence-corrected chi connectivity index (χ3v) is 6.06. The first kappa shape index (κ1) is 19.7. The maximum absolute atomic E-state index is 12.4. The maximum atomic E-state index is 12.4. The summed E-state index contributed by atoms with van der Waals surface area (Å²) in [5.74, 6) is 1.79. The smallest absolute Gasteiger partial charge is 0.230 e. The fraction of sp³-hybridized carbons (Fsp3) is 0.476. The van der Waals surface area contributed by atoms with Crippen LogP contribution in [0.25, 0.3) is 11.4 Å². The van der Waals surface area contributed by atoms with Crippen LogP contribution in [-0.4, -0.2) is 32.5 Å². The van der Waals surface area contributed by atoms with E-state index in [1.807, 2.05) is 22.8 Å². The lowest BCUT2D eigenvalue weighted by atomic mass is 9.86. The second-order valence-electron chi connectivity index (χ2n) is 7.30. The van der Waals surface area contributed by atoms with E-state index >= 15 is 0 Å². The Hall–Kier alpha value is -2.08. The van der Waals surface area contributed by atoms with Crippen molar-refractivity contribution in [2.75, 3.05) is 5.75 Å². The Kier molecular flexibility index (Phi) is 6.72. The Balaban J connectivity index is 1.67. The van der Waals surface area contributed by atoms with Crippen LogP contribution in [0.2, 0.25) is 0 Å². The van der Waals surface area contributed by atoms with Gasteiger partial charge in [0.15, 0.2) is 11.0 Å². The number of allylic oxidation sites excluding steroid dienone is 1. The number of aryl methyl sites for hydroxylation is 1. The zero-order valence-corrected chi connectivity index (χ0v) is 17.0. The van der Waals surface area contributed by atoms with Crippen LogP contribution in [0.4, 0.5) is 0 Å². The van der Waals surface area contributed by atoms with Gasteiger partial charge < -0.3 is 5.32 Å². The van der Waals surface area contributed by atoms with Crippen molar-refractivity contribution >= 4 is 17.7 Å². The summed E-state index contributed by atoms with van der Waals surface area (Å²) in [4.78, 5) is 12.4. The predicted octanol–water partition coefficient (Wildman–Crippen LogP) is 4.23. The quantitative estimate of drug-likeness (QED) is 0.573. The largest absolute Gasteiger partial charge is 0.352 e. The number of benzene rings is 1. The van der Waals surface area contributed by atoms with E-state index in [1.165, 1.54) is 36.6 Å². The van der Waals surface area contributed by atoms with Gasteiger partial charge in [-0.2, -0.15) is 0 Å². The minimum atomic E-state index is 0.0732. The van der Waals surface area contributed by atoms with Crippen molar-refractivity contribution in [1.82, 2.24) is 20.1 Å². The number of amides is 1. The summed E-state index contributed by atoms with van der Waals surface area (Å²) in [5.41, 5.74) is 2.20. The Bertz CT molecular complexity index is 801. The van der Waals surface area contributed by atoms with Gasteiger partial charge in [0.25, 0.3) is 0 Å². The summed E-state index contributed by atoms with van der Waals surface area (Å²) in [6, 6.07) is 8.51. The average molecular weight is 385 g/mol. The molecule has 2 atom stereocenters. The van der Waals surface area contributed by atoms with Crippen LogP contribution in [0, 0.1) is 12.8 Å². The number of nitrogens with zero attached hydrogens (tertiary/aromatic N) is 3. The molecule has 1 saturated carbocycles. The lowest BCUT2D eigenvalue weighted by molar-refractivity contribution is -0.119. The molecule has 0 saturated heterocycles. The first-order valence-corrected chi connectivity index (χ1v) is 10.6. The van der Waals surface area contributed by atoms with Crippen LogP contribution < -0.4 is 5.32 Å². The van der Waals surface area contributed by atoms with E-state index < -0.39 is 0 Å². The predicted molar refractivity (Wildman–Crippen MR) is 111 cm³/mol. The van der Waals surface area contributed by atoms with E-state index in [0.29, 0.717) is 24.3 Å². The molecule has 0 bridgehead atoms. The van der Waals surface area contributed by atoms with Crippen LogP contribution in [0.5, 0.6) is 0 Å². The normalized spacial score (nSPS) is 19.6. The zero-order valence-electron chi connectivity index (χ0n) is 16.1. The highest BCUT2D eigenvalue weighted by Gasteiger charge is 2.23. The highest BCUT2D eigenvalue weighted by molar-refractivity contribution is 7.99. The van der Waals surface area contributed by atoms with Crippen molar-refractivity contribution in [2.45, 2.75) is 57.3 Å². The van der Waals surface area contributed by atoms with Gasteiger partial charge in [-0.15, -0.1) is 16.8 Å². The highest BCUT2D eigenvalue weighted by atomic mass is 32.2. The number of aromatic nitrogens is 3. The molecule has 1 heterocycles. The van der Waals surface area contributed by atoms with Crippen molar-refractivity contribution in [1.29, 1.82) is 0 Å². The summed E-state index contributed by atoms with van der Waals surface area (Å²) in [7, 11) is 0. The summed E-state index contributed by atoms with van der Waals surface area (Å²) in [6.07, 6.45) is 6.59. The molecule has 3 rings (SSSR count). The van der Waals surface area contributed by atoms with Gasteiger partial charge in [0.1, 0.15) is 0 Å². The molecule has 0 aliphatic heterocycles. The standard InChI is InChI=1S/C21H28N4OS/c1-4-12-25-20(17-10-7-8-15(2)13-17)23-24-21(25)27-14-19(26)22-18-11-6-5-9-16(18)3/h4,7-8,10,13,16,18H,1,5-6,9,11-12,14H2,2-3H3,(H,22,26)/t16-,18+/m1/s1. The van der Waals surface area contributed by atoms with E-state index in [2.05, 4.69) is 48.1 Å². The summed E-state index contributed by atoms with van der Waals surface area (Å²) in [5, 5.41) is 12.6. The number of rotatable bonds is 7. The van der Waals surface area contributed by atoms with Gasteiger partial charge in [-0.25, -0.2) is 0 Å². The van der Waals surface area contributed by atoms with Crippen molar-refractivity contribution < 1.29 is 4.79 Å². The molecule has 0 spiro atoms. The molecule has 2 aromatic rings. The van der Waals surface area contributed by atoms with Gasteiger partial charge in [0.05, 0.1) is 5.75 Å². The number of hydrogen-bond acceptors (Lipinski definition) is 4. The van der Waals surface area contributed by atoms with Crippen LogP contribution in [0.15, 0.2) is 42.1 Å². The van der Waals surface area contributed by atoms with Gasteiger partial charge in [-0.3, -0.25) is 9.36 Å². The number of thioether (sulfide) groups is 1. The molecular formula is C21H28N4OS. The van der Waals surface area contributed by atoms with Crippen LogP contribution in [-0.2, 0) is 11.3 Å². The zero-order chi connectivity index (χ0) is 19.2. The van der Waals surface area contributed by atoms with E-state index in [0.717, 1.165) is 23.0 Å². The number of nitrogens with one attached hydrogen (secondary N) is 1. The molecule has 5 nitrogen and oxygen atoms in total. The van der Waals surface area contributed by atoms with E-state index in [1.54, 1.807) is 0 Å². The molecule has 1 amide bonds. The van der Waals surface area contributed by atoms with Gasteiger partial charge in [0.2, 0.25) is 5.91 Å². The number of hydrogen-bond donors (Lipinski definition) is 1. The summed E-state index contributed by atoms with van der Waals surface area (Å²) >= 11 is 1.43. The molecule has 1 aliphatic carbocycles. The van der Waals surface area contributed by atoms with Crippen molar-refractivity contribution in [3.63, 3.8) is 0 Å². The third-order valence-electron chi connectivity index (χ3n) is 5.10. The first-order valence-electron chi connectivity index (χ1n) is 9.61. The lowest BCUT2D eigenvalue weighted by Crippen LogP contribution is -2.41. The molecule has 6 heteroatoms. The lowest BCUT2D eigenvalue weighted by Gasteiger charge is -2.29. The SMILES string of the molecule is C=CCn1c(SCC(=O)N[C@H]2CCCC[C@H]2C)nnc1-c1cccc(C)c1. The molecule has 1 N–H and O–H groups in total.